The zero-order valence-corrected chi connectivity index (χ0v) is 9.01. The van der Waals surface area contributed by atoms with Crippen molar-refractivity contribution in [1.82, 2.24) is 5.43 Å². The Bertz CT molecular complexity index is 262. The van der Waals surface area contributed by atoms with E-state index >= 15 is 0 Å². The van der Waals surface area contributed by atoms with Gasteiger partial charge in [0.2, 0.25) is 0 Å². The zero-order valence-electron chi connectivity index (χ0n) is 6.68. The van der Waals surface area contributed by atoms with Crippen molar-refractivity contribution >= 4 is 40.8 Å². The van der Waals surface area contributed by atoms with Gasteiger partial charge in [0.05, 0.1) is 5.88 Å². The molecule has 0 saturated heterocycles. The summed E-state index contributed by atoms with van der Waals surface area (Å²) < 4.78 is 3.03. The number of hydrogen-bond acceptors (Lipinski definition) is 4. The molecule has 13 heavy (non-hydrogen) atoms. The van der Waals surface area contributed by atoms with Crippen LogP contribution in [0.25, 0.3) is 0 Å². The molecule has 0 fully saturated rings. The highest BCUT2D eigenvalue weighted by atomic mass is 35.5. The second kappa shape index (κ2) is 5.57. The fourth-order valence-electron chi connectivity index (χ4n) is 0.774. The van der Waals surface area contributed by atoms with Crippen LogP contribution in [0.4, 0.5) is 5.69 Å². The maximum absolute atomic E-state index is 5.79. The maximum Gasteiger partial charge on any atom is 0.0752 e. The van der Waals surface area contributed by atoms with Crippen molar-refractivity contribution in [3.05, 3.63) is 28.2 Å². The van der Waals surface area contributed by atoms with Gasteiger partial charge < -0.3 is 4.72 Å². The molecule has 0 atom stereocenters. The van der Waals surface area contributed by atoms with Crippen molar-refractivity contribution in [3.8, 4) is 0 Å². The van der Waals surface area contributed by atoms with Gasteiger partial charge in [-0.15, -0.1) is 0 Å². The quantitative estimate of drug-likeness (QED) is 0.248. The summed E-state index contributed by atoms with van der Waals surface area (Å²) in [5.74, 6) is 5.69. The van der Waals surface area contributed by atoms with Crippen LogP contribution in [0.3, 0.4) is 0 Å². The van der Waals surface area contributed by atoms with Crippen LogP contribution in [0, 0.1) is 0 Å². The van der Waals surface area contributed by atoms with Gasteiger partial charge in [0.1, 0.15) is 0 Å². The standard InChI is InChI=1S/C7H9Cl2N3S/c8-5-1-6(9)3-7(2-5)12-13-4-11-10/h1-3,11-12H,4,10H2. The third-order valence-electron chi connectivity index (χ3n) is 1.21. The van der Waals surface area contributed by atoms with Crippen LogP contribution >= 0.6 is 35.1 Å². The van der Waals surface area contributed by atoms with Gasteiger partial charge in [-0.3, -0.25) is 5.84 Å². The molecule has 1 aromatic carbocycles. The van der Waals surface area contributed by atoms with Crippen molar-refractivity contribution in [2.24, 2.45) is 5.84 Å². The van der Waals surface area contributed by atoms with E-state index in [-0.39, 0.29) is 0 Å². The highest BCUT2D eigenvalue weighted by Gasteiger charge is 1.96. The number of nitrogens with one attached hydrogen (secondary N) is 2. The first-order valence-corrected chi connectivity index (χ1v) is 5.24. The largest absolute Gasteiger partial charge is 0.329 e. The van der Waals surface area contributed by atoms with E-state index in [9.17, 15) is 0 Å². The van der Waals surface area contributed by atoms with Gasteiger partial charge in [-0.1, -0.05) is 23.2 Å². The van der Waals surface area contributed by atoms with Gasteiger partial charge in [-0.2, -0.15) is 0 Å². The van der Waals surface area contributed by atoms with Crippen LogP contribution in [0.5, 0.6) is 0 Å². The predicted octanol–water partition coefficient (Wildman–Crippen LogP) is 2.47. The van der Waals surface area contributed by atoms with E-state index in [4.69, 9.17) is 29.0 Å². The Morgan fingerprint density at radius 1 is 1.23 bits per heavy atom. The first-order valence-electron chi connectivity index (χ1n) is 3.50. The van der Waals surface area contributed by atoms with Crippen molar-refractivity contribution in [3.63, 3.8) is 0 Å². The van der Waals surface area contributed by atoms with E-state index in [0.717, 1.165) is 5.69 Å². The molecule has 6 heteroatoms. The summed E-state index contributed by atoms with van der Waals surface area (Å²) in [5, 5.41) is 1.22. The number of halogens is 2. The Morgan fingerprint density at radius 3 is 2.38 bits per heavy atom. The average molecular weight is 238 g/mol. The molecule has 0 radical (unpaired) electrons. The highest BCUT2D eigenvalue weighted by Crippen LogP contribution is 2.23. The molecule has 0 aliphatic rings. The van der Waals surface area contributed by atoms with E-state index in [1.165, 1.54) is 11.9 Å². The Labute approximate surface area is 91.1 Å². The zero-order chi connectivity index (χ0) is 9.68. The SMILES string of the molecule is NNCSNc1cc(Cl)cc(Cl)c1. The van der Waals surface area contributed by atoms with Gasteiger partial charge in [0, 0.05) is 15.7 Å². The topological polar surface area (TPSA) is 50.1 Å². The number of benzene rings is 1. The molecule has 0 saturated carbocycles. The molecule has 3 nitrogen and oxygen atoms in total. The van der Waals surface area contributed by atoms with Crippen LogP contribution in [-0.2, 0) is 0 Å². The third-order valence-corrected chi connectivity index (χ3v) is 2.34. The number of nitrogens with two attached hydrogens (primary N) is 1. The Morgan fingerprint density at radius 2 is 1.85 bits per heavy atom. The summed E-state index contributed by atoms with van der Waals surface area (Å²) in [7, 11) is 0. The molecule has 0 heterocycles. The summed E-state index contributed by atoms with van der Waals surface area (Å²) >= 11 is 13.0. The van der Waals surface area contributed by atoms with E-state index in [0.29, 0.717) is 15.9 Å². The fraction of sp³-hybridized carbons (Fsp3) is 0.143. The van der Waals surface area contributed by atoms with Gasteiger partial charge in [0.15, 0.2) is 0 Å². The molecule has 0 aliphatic heterocycles. The third kappa shape index (κ3) is 4.06. The second-order valence-electron chi connectivity index (χ2n) is 2.25. The molecule has 0 aliphatic carbocycles. The Balaban J connectivity index is 2.56. The first kappa shape index (κ1) is 10.9. The molecule has 0 aromatic heterocycles. The van der Waals surface area contributed by atoms with E-state index in [1.807, 2.05) is 0 Å². The van der Waals surface area contributed by atoms with Crippen molar-refractivity contribution < 1.29 is 0 Å². The molecule has 4 N–H and O–H groups in total. The summed E-state index contributed by atoms with van der Waals surface area (Å²) in [6.07, 6.45) is 0. The molecule has 0 spiro atoms. The lowest BCUT2D eigenvalue weighted by Crippen LogP contribution is -2.21. The molecule has 1 rings (SSSR count). The van der Waals surface area contributed by atoms with Crippen LogP contribution < -0.4 is 16.0 Å². The molecule has 0 bridgehead atoms. The summed E-state index contributed by atoms with van der Waals surface area (Å²) in [4.78, 5) is 0. The average Bonchev–Trinajstić information content (AvgIpc) is 2.03. The van der Waals surface area contributed by atoms with Gasteiger partial charge in [-0.05, 0) is 30.1 Å². The smallest absolute Gasteiger partial charge is 0.0752 e. The molecule has 72 valence electrons. The minimum atomic E-state index is 0.601. The number of hydrogen-bond donors (Lipinski definition) is 3. The van der Waals surface area contributed by atoms with Crippen LogP contribution in [0.15, 0.2) is 18.2 Å². The number of hydrazine groups is 1. The second-order valence-corrected chi connectivity index (χ2v) is 3.91. The molecule has 0 amide bonds. The van der Waals surface area contributed by atoms with Crippen molar-refractivity contribution in [2.45, 2.75) is 0 Å². The van der Waals surface area contributed by atoms with E-state index in [2.05, 4.69) is 10.1 Å². The van der Waals surface area contributed by atoms with Crippen LogP contribution in [0.2, 0.25) is 10.0 Å². The lowest BCUT2D eigenvalue weighted by atomic mass is 10.3. The molecule has 1 aromatic rings. The van der Waals surface area contributed by atoms with E-state index in [1.54, 1.807) is 18.2 Å². The summed E-state index contributed by atoms with van der Waals surface area (Å²) in [6, 6.07) is 5.26. The number of anilines is 1. The highest BCUT2D eigenvalue weighted by molar-refractivity contribution is 8.00. The molecular weight excluding hydrogens is 229 g/mol. The van der Waals surface area contributed by atoms with Gasteiger partial charge in [0.25, 0.3) is 0 Å². The minimum Gasteiger partial charge on any atom is -0.329 e. The predicted molar refractivity (Wildman–Crippen MR) is 59.9 cm³/mol. The Hall–Kier alpha value is -0.130. The monoisotopic (exact) mass is 237 g/mol. The normalized spacial score (nSPS) is 10.1. The fourth-order valence-corrected chi connectivity index (χ4v) is 1.74. The first-order chi connectivity index (χ1) is 6.22. The summed E-state index contributed by atoms with van der Waals surface area (Å²) in [6.45, 7) is 0. The van der Waals surface area contributed by atoms with Crippen molar-refractivity contribution in [1.29, 1.82) is 0 Å². The lowest BCUT2D eigenvalue weighted by molar-refractivity contribution is 0.872. The molecule has 0 unspecified atom stereocenters. The maximum atomic E-state index is 5.79. The van der Waals surface area contributed by atoms with E-state index < -0.39 is 0 Å². The van der Waals surface area contributed by atoms with Crippen molar-refractivity contribution in [2.75, 3.05) is 10.6 Å². The minimum absolute atomic E-state index is 0.601. The van der Waals surface area contributed by atoms with Gasteiger partial charge in [-0.25, -0.2) is 5.43 Å². The lowest BCUT2D eigenvalue weighted by Gasteiger charge is -2.05. The van der Waals surface area contributed by atoms with Crippen LogP contribution in [0.1, 0.15) is 0 Å². The number of rotatable bonds is 4. The summed E-state index contributed by atoms with van der Waals surface area (Å²) in [5.41, 5.74) is 3.36. The van der Waals surface area contributed by atoms with Gasteiger partial charge >= 0.3 is 0 Å². The Kier molecular flexibility index (Phi) is 4.69. The van der Waals surface area contributed by atoms with Crippen LogP contribution in [-0.4, -0.2) is 5.88 Å². The molecular formula is C7H9Cl2N3S.